The first-order valence-corrected chi connectivity index (χ1v) is 9.43. The Kier molecular flexibility index (Phi) is 6.58. The van der Waals surface area contributed by atoms with Gasteiger partial charge in [0.1, 0.15) is 11.5 Å². The smallest absolute Gasteiger partial charge is 0.336 e. The zero-order valence-electron chi connectivity index (χ0n) is 15.0. The Balaban J connectivity index is 1.47. The van der Waals surface area contributed by atoms with Crippen molar-refractivity contribution in [1.29, 1.82) is 0 Å². The summed E-state index contributed by atoms with van der Waals surface area (Å²) in [7, 11) is 0. The van der Waals surface area contributed by atoms with Gasteiger partial charge in [-0.15, -0.1) is 0 Å². The van der Waals surface area contributed by atoms with Crippen LogP contribution in [0, 0.1) is 0 Å². The fourth-order valence-electron chi connectivity index (χ4n) is 3.15. The van der Waals surface area contributed by atoms with Crippen LogP contribution in [-0.2, 0) is 16.0 Å². The van der Waals surface area contributed by atoms with Gasteiger partial charge in [-0.2, -0.15) is 0 Å². The monoisotopic (exact) mass is 390 g/mol. The Bertz CT molecular complexity index is 771. The molecule has 1 heterocycles. The number of halogens is 1. The Hall–Kier alpha value is -2.24. The molecular weight excluding hydrogens is 368 g/mol. The van der Waals surface area contributed by atoms with Crippen LogP contribution in [0.2, 0.25) is 5.02 Å². The van der Waals surface area contributed by atoms with Crippen LogP contribution in [0.15, 0.2) is 48.5 Å². The van der Waals surface area contributed by atoms with Crippen molar-refractivity contribution in [3.05, 3.63) is 59.1 Å². The summed E-state index contributed by atoms with van der Waals surface area (Å²) in [6, 6.07) is 14.8. The number of benzene rings is 2. The van der Waals surface area contributed by atoms with Crippen LogP contribution in [-0.4, -0.2) is 36.5 Å². The lowest BCUT2D eigenvalue weighted by atomic mass is 9.91. The van der Waals surface area contributed by atoms with Gasteiger partial charge in [0.25, 0.3) is 0 Å². The first-order valence-electron chi connectivity index (χ1n) is 9.05. The number of carboxylic acid groups (broad SMARTS) is 1. The van der Waals surface area contributed by atoms with Gasteiger partial charge in [-0.3, -0.25) is 0 Å². The molecule has 0 amide bonds. The van der Waals surface area contributed by atoms with Crippen LogP contribution in [0.5, 0.6) is 11.5 Å². The van der Waals surface area contributed by atoms with E-state index in [0.29, 0.717) is 43.4 Å². The fourth-order valence-corrected chi connectivity index (χ4v) is 3.33. The third kappa shape index (κ3) is 5.37. The van der Waals surface area contributed by atoms with Gasteiger partial charge in [-0.1, -0.05) is 29.8 Å². The highest BCUT2D eigenvalue weighted by molar-refractivity contribution is 6.30. The first-order chi connectivity index (χ1) is 13.1. The summed E-state index contributed by atoms with van der Waals surface area (Å²) in [5.41, 5.74) is -0.212. The van der Waals surface area contributed by atoms with Crippen LogP contribution < -0.4 is 9.47 Å². The number of rotatable bonds is 9. The quantitative estimate of drug-likeness (QED) is 0.644. The van der Waals surface area contributed by atoms with E-state index < -0.39 is 11.6 Å². The molecule has 1 saturated heterocycles. The Morgan fingerprint density at radius 3 is 2.44 bits per heavy atom. The van der Waals surface area contributed by atoms with Gasteiger partial charge in [-0.25, -0.2) is 4.79 Å². The molecular formula is C21H23ClO5. The van der Waals surface area contributed by atoms with Gasteiger partial charge >= 0.3 is 5.97 Å². The second-order valence-electron chi connectivity index (χ2n) is 6.58. The van der Waals surface area contributed by atoms with Crippen molar-refractivity contribution in [1.82, 2.24) is 0 Å². The van der Waals surface area contributed by atoms with E-state index >= 15 is 0 Å². The minimum atomic E-state index is -1.11. The largest absolute Gasteiger partial charge is 0.493 e. The highest BCUT2D eigenvalue weighted by atomic mass is 35.5. The first kappa shape index (κ1) is 19.5. The van der Waals surface area contributed by atoms with E-state index in [9.17, 15) is 9.90 Å². The molecule has 0 radical (unpaired) electrons. The number of aliphatic carboxylic acids is 1. The lowest BCUT2D eigenvalue weighted by Crippen LogP contribution is -2.40. The molecule has 3 rings (SSSR count). The molecule has 5 nitrogen and oxygen atoms in total. The second kappa shape index (κ2) is 9.11. The maximum absolute atomic E-state index is 11.6. The number of ether oxygens (including phenoxy) is 3. The van der Waals surface area contributed by atoms with E-state index in [4.69, 9.17) is 25.8 Å². The molecule has 1 aliphatic heterocycles. The fraction of sp³-hybridized carbons (Fsp3) is 0.381. The second-order valence-corrected chi connectivity index (χ2v) is 7.02. The van der Waals surface area contributed by atoms with Crippen LogP contribution >= 0.6 is 11.6 Å². The number of carboxylic acids is 1. The van der Waals surface area contributed by atoms with Crippen molar-refractivity contribution >= 4 is 17.6 Å². The van der Waals surface area contributed by atoms with Gasteiger partial charge < -0.3 is 19.3 Å². The summed E-state index contributed by atoms with van der Waals surface area (Å²) in [5, 5.41) is 10.2. The number of hydrogen-bond donors (Lipinski definition) is 1. The van der Waals surface area contributed by atoms with Crippen LogP contribution in [0.3, 0.4) is 0 Å². The molecule has 1 unspecified atom stereocenters. The minimum Gasteiger partial charge on any atom is -0.493 e. The molecule has 0 aliphatic carbocycles. The predicted octanol–water partition coefficient (Wildman–Crippen LogP) is 4.36. The van der Waals surface area contributed by atoms with Gasteiger partial charge in [-0.05, 0) is 48.7 Å². The maximum Gasteiger partial charge on any atom is 0.336 e. The average molecular weight is 391 g/mol. The molecule has 0 bridgehead atoms. The third-order valence-electron chi connectivity index (χ3n) is 4.50. The maximum atomic E-state index is 11.6. The summed E-state index contributed by atoms with van der Waals surface area (Å²) in [4.78, 5) is 11.6. The Morgan fingerprint density at radius 2 is 1.81 bits per heavy atom. The van der Waals surface area contributed by atoms with Crippen LogP contribution in [0.25, 0.3) is 0 Å². The standard InChI is InChI=1S/C21H23ClO5/c22-17-6-2-8-19(14-17)26-11-4-10-25-18-7-1-5-16(13-18)15-21(20(23)24)9-3-12-27-21/h1-2,5-8,13-14H,3-4,9-12,15H2,(H,23,24). The van der Waals surface area contributed by atoms with Gasteiger partial charge in [0.2, 0.25) is 0 Å². The normalized spacial score (nSPS) is 19.0. The topological polar surface area (TPSA) is 65.0 Å². The average Bonchev–Trinajstić information content (AvgIpc) is 3.12. The molecule has 2 aromatic rings. The summed E-state index contributed by atoms with van der Waals surface area (Å²) < 4.78 is 16.9. The van der Waals surface area contributed by atoms with Gasteiger partial charge in [0.15, 0.2) is 5.60 Å². The van der Waals surface area contributed by atoms with E-state index in [1.165, 1.54) is 0 Å². The van der Waals surface area contributed by atoms with Crippen molar-refractivity contribution in [3.63, 3.8) is 0 Å². The number of hydrogen-bond acceptors (Lipinski definition) is 4. The highest BCUT2D eigenvalue weighted by Gasteiger charge is 2.42. The third-order valence-corrected chi connectivity index (χ3v) is 4.74. The molecule has 1 N–H and O–H groups in total. The van der Waals surface area contributed by atoms with Gasteiger partial charge in [0.05, 0.1) is 13.2 Å². The summed E-state index contributed by atoms with van der Waals surface area (Å²) in [6.45, 7) is 1.52. The van der Waals surface area contributed by atoms with Crippen LogP contribution in [0.4, 0.5) is 0 Å². The Morgan fingerprint density at radius 1 is 1.11 bits per heavy atom. The number of carbonyl (C=O) groups is 1. The molecule has 1 atom stereocenters. The summed E-state index contributed by atoms with van der Waals surface area (Å²) in [6.07, 6.45) is 2.37. The van der Waals surface area contributed by atoms with Crippen molar-refractivity contribution < 1.29 is 24.1 Å². The van der Waals surface area contributed by atoms with E-state index in [1.807, 2.05) is 36.4 Å². The van der Waals surface area contributed by atoms with Crippen molar-refractivity contribution in [2.75, 3.05) is 19.8 Å². The SMILES string of the molecule is O=C(O)C1(Cc2cccc(OCCCOc3cccc(Cl)c3)c2)CCCO1. The van der Waals surface area contributed by atoms with Crippen molar-refractivity contribution in [3.8, 4) is 11.5 Å². The molecule has 2 aromatic carbocycles. The molecule has 0 aromatic heterocycles. The molecule has 144 valence electrons. The van der Waals surface area contributed by atoms with Crippen LogP contribution in [0.1, 0.15) is 24.8 Å². The lowest BCUT2D eigenvalue weighted by Gasteiger charge is -2.23. The highest BCUT2D eigenvalue weighted by Crippen LogP contribution is 2.31. The molecule has 0 saturated carbocycles. The predicted molar refractivity (Wildman–Crippen MR) is 103 cm³/mol. The van der Waals surface area contributed by atoms with E-state index in [1.54, 1.807) is 12.1 Å². The zero-order chi connectivity index (χ0) is 19.1. The molecule has 0 spiro atoms. The molecule has 1 fully saturated rings. The van der Waals surface area contributed by atoms with E-state index in [2.05, 4.69) is 0 Å². The summed E-state index contributed by atoms with van der Waals surface area (Å²) >= 11 is 5.92. The summed E-state index contributed by atoms with van der Waals surface area (Å²) in [5.74, 6) is 0.554. The lowest BCUT2D eigenvalue weighted by molar-refractivity contribution is -0.159. The molecule has 27 heavy (non-hydrogen) atoms. The molecule has 6 heteroatoms. The van der Waals surface area contributed by atoms with E-state index in [0.717, 1.165) is 24.2 Å². The zero-order valence-corrected chi connectivity index (χ0v) is 15.8. The molecule has 1 aliphatic rings. The minimum absolute atomic E-state index is 0.345. The Labute approximate surface area is 163 Å². The van der Waals surface area contributed by atoms with E-state index in [-0.39, 0.29) is 0 Å². The van der Waals surface area contributed by atoms with Gasteiger partial charge in [0, 0.05) is 24.5 Å². The van der Waals surface area contributed by atoms with Crippen molar-refractivity contribution in [2.24, 2.45) is 0 Å². The van der Waals surface area contributed by atoms with Crippen molar-refractivity contribution in [2.45, 2.75) is 31.3 Å².